The number of hydrogen-bond acceptors (Lipinski definition) is 2. The monoisotopic (exact) mass is 351 g/mol. The molecular weight excluding hydrogens is 326 g/mol. The van der Waals surface area contributed by atoms with Crippen LogP contribution in [0.2, 0.25) is 0 Å². The molecule has 1 aromatic carbocycles. The Morgan fingerprint density at radius 1 is 1.29 bits per heavy atom. The Balaban J connectivity index is 2.08. The van der Waals surface area contributed by atoms with Crippen molar-refractivity contribution in [3.8, 4) is 5.75 Å². The zero-order valence-corrected chi connectivity index (χ0v) is 14.7. The van der Waals surface area contributed by atoms with E-state index >= 15 is 0 Å². The molecule has 0 saturated carbocycles. The van der Waals surface area contributed by atoms with Gasteiger partial charge >= 0.3 is 0 Å². The van der Waals surface area contributed by atoms with Crippen molar-refractivity contribution in [2.75, 3.05) is 13.7 Å². The van der Waals surface area contributed by atoms with Crippen molar-refractivity contribution < 1.29 is 4.74 Å². The largest absolute Gasteiger partial charge is 0.496 e. The molecule has 1 unspecified atom stereocenters. The van der Waals surface area contributed by atoms with Gasteiger partial charge in [-0.05, 0) is 68.8 Å². The van der Waals surface area contributed by atoms with Crippen LogP contribution in [0.5, 0.6) is 5.75 Å². The van der Waals surface area contributed by atoms with Gasteiger partial charge in [0.1, 0.15) is 5.75 Å². The smallest absolute Gasteiger partial charge is 0.122 e. The molecule has 1 N–H and O–H groups in total. The van der Waals surface area contributed by atoms with Crippen LogP contribution in [-0.4, -0.2) is 19.7 Å². The number of hydrogen-bond donors (Lipinski definition) is 1. The first kappa shape index (κ1) is 16.6. The summed E-state index contributed by atoms with van der Waals surface area (Å²) in [5, 5.41) is 3.64. The minimum absolute atomic E-state index is 0.488. The van der Waals surface area contributed by atoms with Crippen molar-refractivity contribution in [1.29, 1.82) is 0 Å². The fourth-order valence-corrected chi connectivity index (χ4v) is 3.49. The van der Waals surface area contributed by atoms with Crippen LogP contribution in [0, 0.1) is 0 Å². The second-order valence-electron chi connectivity index (χ2n) is 5.73. The molecule has 0 spiro atoms. The van der Waals surface area contributed by atoms with Crippen LogP contribution in [0.15, 0.2) is 34.3 Å². The number of allylic oxidation sites excluding steroid dienone is 1. The van der Waals surface area contributed by atoms with Crippen molar-refractivity contribution in [3.05, 3.63) is 39.9 Å². The summed E-state index contributed by atoms with van der Waals surface area (Å²) >= 11 is 3.57. The molecule has 0 aliphatic heterocycles. The van der Waals surface area contributed by atoms with E-state index in [9.17, 15) is 0 Å². The molecule has 21 heavy (non-hydrogen) atoms. The van der Waals surface area contributed by atoms with Gasteiger partial charge in [0, 0.05) is 10.5 Å². The van der Waals surface area contributed by atoms with Gasteiger partial charge in [0.2, 0.25) is 0 Å². The maximum absolute atomic E-state index is 5.51. The van der Waals surface area contributed by atoms with Crippen LogP contribution in [0.1, 0.15) is 44.6 Å². The average molecular weight is 352 g/mol. The van der Waals surface area contributed by atoms with E-state index in [1.807, 2.05) is 12.1 Å². The first-order chi connectivity index (χ1) is 10.2. The van der Waals surface area contributed by atoms with Gasteiger partial charge in [-0.25, -0.2) is 0 Å². The highest BCUT2D eigenvalue weighted by Crippen LogP contribution is 2.27. The van der Waals surface area contributed by atoms with Gasteiger partial charge in [-0.1, -0.05) is 34.5 Å². The molecule has 2 nitrogen and oxygen atoms in total. The highest BCUT2D eigenvalue weighted by molar-refractivity contribution is 9.10. The molecule has 1 atom stereocenters. The lowest BCUT2D eigenvalue weighted by Crippen LogP contribution is -2.31. The molecule has 1 aliphatic rings. The Morgan fingerprint density at radius 3 is 2.81 bits per heavy atom. The van der Waals surface area contributed by atoms with E-state index < -0.39 is 0 Å². The van der Waals surface area contributed by atoms with Crippen molar-refractivity contribution in [3.63, 3.8) is 0 Å². The number of methoxy groups -OCH3 is 1. The fourth-order valence-electron chi connectivity index (χ4n) is 3.08. The summed E-state index contributed by atoms with van der Waals surface area (Å²) in [5.41, 5.74) is 2.90. The summed E-state index contributed by atoms with van der Waals surface area (Å²) in [6.45, 7) is 3.19. The molecule has 0 fully saturated rings. The van der Waals surface area contributed by atoms with Gasteiger partial charge in [-0.15, -0.1) is 0 Å². The zero-order valence-electron chi connectivity index (χ0n) is 13.1. The number of halogens is 1. The summed E-state index contributed by atoms with van der Waals surface area (Å²) in [6, 6.07) is 6.75. The van der Waals surface area contributed by atoms with E-state index in [1.54, 1.807) is 12.7 Å². The lowest BCUT2D eigenvalue weighted by Gasteiger charge is -2.22. The minimum Gasteiger partial charge on any atom is -0.496 e. The second kappa shape index (κ2) is 8.60. The maximum atomic E-state index is 5.51. The van der Waals surface area contributed by atoms with E-state index in [0.29, 0.717) is 6.04 Å². The highest BCUT2D eigenvalue weighted by atomic mass is 79.9. The summed E-state index contributed by atoms with van der Waals surface area (Å²) in [5.74, 6) is 0.985. The summed E-state index contributed by atoms with van der Waals surface area (Å²) in [4.78, 5) is 0. The lowest BCUT2D eigenvalue weighted by atomic mass is 9.91. The van der Waals surface area contributed by atoms with E-state index in [2.05, 4.69) is 40.3 Å². The molecule has 0 heterocycles. The Bertz CT molecular complexity index is 484. The Hall–Kier alpha value is -0.800. The molecule has 1 aliphatic carbocycles. The molecular formula is C18H26BrNO. The minimum atomic E-state index is 0.488. The number of benzene rings is 1. The third-order valence-corrected chi connectivity index (χ3v) is 4.59. The van der Waals surface area contributed by atoms with Crippen LogP contribution in [0.3, 0.4) is 0 Å². The standard InChI is InChI=1S/C18H26BrNO/c1-3-20-17(11-14-7-5-4-6-8-14)13-15-12-16(19)9-10-18(15)21-2/h7,9-10,12,17,20H,3-6,8,11,13H2,1-2H3. The first-order valence-corrected chi connectivity index (χ1v) is 8.76. The predicted molar refractivity (Wildman–Crippen MR) is 93.0 cm³/mol. The van der Waals surface area contributed by atoms with Gasteiger partial charge in [-0.3, -0.25) is 0 Å². The van der Waals surface area contributed by atoms with E-state index in [4.69, 9.17) is 4.74 Å². The van der Waals surface area contributed by atoms with Crippen molar-refractivity contribution >= 4 is 15.9 Å². The Kier molecular flexibility index (Phi) is 6.78. The molecule has 0 bridgehead atoms. The lowest BCUT2D eigenvalue weighted by molar-refractivity contribution is 0.404. The molecule has 0 aromatic heterocycles. The van der Waals surface area contributed by atoms with Gasteiger partial charge in [0.15, 0.2) is 0 Å². The quantitative estimate of drug-likeness (QED) is 0.707. The fraction of sp³-hybridized carbons (Fsp3) is 0.556. The molecule has 0 amide bonds. The van der Waals surface area contributed by atoms with Crippen LogP contribution >= 0.6 is 15.9 Å². The van der Waals surface area contributed by atoms with Crippen molar-refractivity contribution in [1.82, 2.24) is 5.32 Å². The topological polar surface area (TPSA) is 21.3 Å². The Morgan fingerprint density at radius 2 is 2.14 bits per heavy atom. The number of nitrogens with one attached hydrogen (secondary N) is 1. The first-order valence-electron chi connectivity index (χ1n) is 7.96. The number of ether oxygens (including phenoxy) is 1. The molecule has 3 heteroatoms. The van der Waals surface area contributed by atoms with Crippen LogP contribution < -0.4 is 10.1 Å². The highest BCUT2D eigenvalue weighted by Gasteiger charge is 2.15. The third kappa shape index (κ3) is 5.15. The van der Waals surface area contributed by atoms with E-state index in [1.165, 1.54) is 31.2 Å². The summed E-state index contributed by atoms with van der Waals surface area (Å²) in [6.07, 6.45) is 9.86. The van der Waals surface area contributed by atoms with Crippen molar-refractivity contribution in [2.24, 2.45) is 0 Å². The van der Waals surface area contributed by atoms with Gasteiger partial charge in [-0.2, -0.15) is 0 Å². The molecule has 116 valence electrons. The van der Waals surface area contributed by atoms with E-state index in [-0.39, 0.29) is 0 Å². The average Bonchev–Trinajstić information content (AvgIpc) is 2.49. The number of rotatable bonds is 7. The molecule has 0 radical (unpaired) electrons. The summed E-state index contributed by atoms with van der Waals surface area (Å²) in [7, 11) is 1.75. The van der Waals surface area contributed by atoms with E-state index in [0.717, 1.165) is 29.6 Å². The molecule has 0 saturated heterocycles. The normalized spacial score (nSPS) is 16.4. The van der Waals surface area contributed by atoms with Crippen molar-refractivity contribution in [2.45, 2.75) is 51.5 Å². The summed E-state index contributed by atoms with van der Waals surface area (Å²) < 4.78 is 6.62. The molecule has 2 rings (SSSR count). The van der Waals surface area contributed by atoms with Crippen LogP contribution in [-0.2, 0) is 6.42 Å². The zero-order chi connectivity index (χ0) is 15.1. The Labute approximate surface area is 137 Å². The second-order valence-corrected chi connectivity index (χ2v) is 6.64. The maximum Gasteiger partial charge on any atom is 0.122 e. The number of likely N-dealkylation sites (N-methyl/N-ethyl adjacent to an activating group) is 1. The van der Waals surface area contributed by atoms with Crippen LogP contribution in [0.25, 0.3) is 0 Å². The van der Waals surface area contributed by atoms with Gasteiger partial charge < -0.3 is 10.1 Å². The predicted octanol–water partition coefficient (Wildman–Crippen LogP) is 4.87. The van der Waals surface area contributed by atoms with Crippen LogP contribution in [0.4, 0.5) is 0 Å². The SMILES string of the molecule is CCNC(CC1=CCCCC1)Cc1cc(Br)ccc1OC. The van der Waals surface area contributed by atoms with Gasteiger partial charge in [0.05, 0.1) is 7.11 Å². The third-order valence-electron chi connectivity index (χ3n) is 4.10. The van der Waals surface area contributed by atoms with Gasteiger partial charge in [0.25, 0.3) is 0 Å². The molecule has 1 aromatic rings.